The molecule has 276 valence electrons. The number of nitrogens with zero attached hydrogens (tertiary/aromatic N) is 1. The molecule has 0 bridgehead atoms. The Hall–Kier alpha value is -3.02. The quantitative estimate of drug-likeness (QED) is 0.118. The number of alkyl halides is 1. The number of nitrogens with one attached hydrogen (secondary N) is 2. The predicted molar refractivity (Wildman–Crippen MR) is 204 cm³/mol. The first-order valence-electron chi connectivity index (χ1n) is 17.3. The summed E-state index contributed by atoms with van der Waals surface area (Å²) < 4.78 is 28.4. The van der Waals surface area contributed by atoms with Crippen LogP contribution in [0.15, 0.2) is 42.3 Å². The zero-order valence-electron chi connectivity index (χ0n) is 32.7. The second-order valence-corrected chi connectivity index (χ2v) is 9.58. The van der Waals surface area contributed by atoms with Crippen molar-refractivity contribution >= 4 is 11.8 Å². The van der Waals surface area contributed by atoms with Crippen LogP contribution < -0.4 is 10.6 Å². The van der Waals surface area contributed by atoms with Crippen molar-refractivity contribution < 1.29 is 23.1 Å². The van der Waals surface area contributed by atoms with Crippen LogP contribution in [0.1, 0.15) is 135 Å². The van der Waals surface area contributed by atoms with Gasteiger partial charge in [0.05, 0.1) is 0 Å². The lowest BCUT2D eigenvalue weighted by atomic mass is 10.0. The molecule has 1 unspecified atom stereocenters. The highest BCUT2D eigenvalue weighted by atomic mass is 19.1. The predicted octanol–water partition coefficient (Wildman–Crippen LogP) is 10.1. The van der Waals surface area contributed by atoms with Crippen molar-refractivity contribution in [2.45, 2.75) is 121 Å². The SMILES string of the molecule is C#C.C/C=C\C(F)=C/C(C)F.CC.CC.CCC.CCCNCCCNC(=O)c1cc(C)cc(C(=O)N(CCC)CCC)c1.COC. The van der Waals surface area contributed by atoms with E-state index in [0.717, 1.165) is 63.5 Å². The molecule has 0 spiro atoms. The summed E-state index contributed by atoms with van der Waals surface area (Å²) in [7, 11) is 3.25. The molecule has 0 saturated carbocycles. The zero-order chi connectivity index (χ0) is 38.1. The maximum Gasteiger partial charge on any atom is 0.253 e. The van der Waals surface area contributed by atoms with E-state index in [9.17, 15) is 18.4 Å². The molecule has 1 atom stereocenters. The van der Waals surface area contributed by atoms with Gasteiger partial charge in [-0.2, -0.15) is 0 Å². The summed E-state index contributed by atoms with van der Waals surface area (Å²) >= 11 is 0. The number of methoxy groups -OCH3 is 1. The number of carbonyl (C=O) groups is 2. The Morgan fingerprint density at radius 1 is 0.894 bits per heavy atom. The van der Waals surface area contributed by atoms with Gasteiger partial charge in [0, 0.05) is 45.0 Å². The van der Waals surface area contributed by atoms with Gasteiger partial charge in [-0.1, -0.05) is 74.8 Å². The molecule has 0 heterocycles. The normalized spacial score (nSPS) is 10.1. The van der Waals surface area contributed by atoms with Crippen molar-refractivity contribution in [1.82, 2.24) is 15.5 Å². The van der Waals surface area contributed by atoms with Crippen molar-refractivity contribution in [3.8, 4) is 12.8 Å². The number of benzene rings is 1. The Balaban J connectivity index is -0.000000165. The summed E-state index contributed by atoms with van der Waals surface area (Å²) in [5, 5.41) is 6.26. The third kappa shape index (κ3) is 41.0. The molecular weight excluding hydrogens is 596 g/mol. The average Bonchev–Trinajstić information content (AvgIpc) is 3.05. The number of rotatable bonds is 14. The van der Waals surface area contributed by atoms with Gasteiger partial charge in [0.2, 0.25) is 0 Å². The van der Waals surface area contributed by atoms with Crippen LogP contribution in [-0.4, -0.2) is 69.8 Å². The average molecular weight is 670 g/mol. The summed E-state index contributed by atoms with van der Waals surface area (Å²) in [6.07, 6.45) is 15.6. The summed E-state index contributed by atoms with van der Waals surface area (Å²) in [6, 6.07) is 5.43. The van der Waals surface area contributed by atoms with Gasteiger partial charge >= 0.3 is 0 Å². The monoisotopic (exact) mass is 670 g/mol. The smallest absolute Gasteiger partial charge is 0.253 e. The van der Waals surface area contributed by atoms with Crippen LogP contribution in [0.2, 0.25) is 0 Å². The van der Waals surface area contributed by atoms with Crippen LogP contribution in [0.4, 0.5) is 8.78 Å². The molecule has 0 aliphatic carbocycles. The highest BCUT2D eigenvalue weighted by molar-refractivity contribution is 6.00. The van der Waals surface area contributed by atoms with E-state index in [1.807, 2.05) is 51.7 Å². The van der Waals surface area contributed by atoms with Gasteiger partial charge in [-0.25, -0.2) is 8.78 Å². The molecular formula is C39H73F2N3O3. The van der Waals surface area contributed by atoms with Crippen molar-refractivity contribution in [1.29, 1.82) is 0 Å². The first-order chi connectivity index (χ1) is 22.5. The van der Waals surface area contributed by atoms with Crippen molar-refractivity contribution in [3.63, 3.8) is 0 Å². The van der Waals surface area contributed by atoms with E-state index < -0.39 is 12.0 Å². The van der Waals surface area contributed by atoms with Crippen LogP contribution in [0.5, 0.6) is 0 Å². The lowest BCUT2D eigenvalue weighted by Gasteiger charge is -2.22. The van der Waals surface area contributed by atoms with Crippen molar-refractivity contribution in [3.05, 3.63) is 58.9 Å². The van der Waals surface area contributed by atoms with Crippen LogP contribution in [0.3, 0.4) is 0 Å². The van der Waals surface area contributed by atoms with Gasteiger partial charge in [0.25, 0.3) is 11.8 Å². The molecule has 0 aliphatic rings. The molecule has 0 saturated heterocycles. The molecule has 0 aliphatic heterocycles. The number of halogens is 2. The number of carbonyl (C=O) groups excluding carboxylic acids is 2. The number of ether oxygens (including phenoxy) is 1. The molecule has 1 rings (SSSR count). The minimum atomic E-state index is -1.21. The third-order valence-electron chi connectivity index (χ3n) is 4.82. The van der Waals surface area contributed by atoms with E-state index in [0.29, 0.717) is 17.7 Å². The van der Waals surface area contributed by atoms with Crippen LogP contribution in [0.25, 0.3) is 0 Å². The van der Waals surface area contributed by atoms with E-state index in [4.69, 9.17) is 0 Å². The minimum Gasteiger partial charge on any atom is -0.388 e. The molecule has 47 heavy (non-hydrogen) atoms. The third-order valence-corrected chi connectivity index (χ3v) is 4.82. The maximum atomic E-state index is 12.8. The maximum absolute atomic E-state index is 12.8. The standard InChI is InChI=1S/C21H35N3O2.C7H10F2.C3H8.C2H6O.2C2H6.C2H2/c1-5-9-22-10-8-11-23-20(25)18-14-17(4)15-19(16-18)21(26)24(12-6-2)13-7-3;1-3-4-7(9)5-6(2)8;2*1-3-2;3*1-2/h14-16,22H,5-13H2,1-4H3,(H,23,25);3-6H,1-2H3;3H2,1-2H3;1-2H3;2*1-2H3;1-2H/b;4-3-,7-5+;;;;;. The lowest BCUT2D eigenvalue weighted by molar-refractivity contribution is 0.0755. The molecule has 8 heteroatoms. The molecule has 0 fully saturated rings. The Morgan fingerprint density at radius 2 is 1.36 bits per heavy atom. The molecule has 2 amide bonds. The number of hydrogen-bond donors (Lipinski definition) is 2. The van der Waals surface area contributed by atoms with Crippen molar-refractivity contribution in [2.24, 2.45) is 0 Å². The van der Waals surface area contributed by atoms with Crippen LogP contribution in [-0.2, 0) is 4.74 Å². The topological polar surface area (TPSA) is 70.7 Å². The van der Waals surface area contributed by atoms with Crippen LogP contribution >= 0.6 is 0 Å². The summed E-state index contributed by atoms with van der Waals surface area (Å²) in [5.41, 5.74) is 2.09. The number of aryl methyl sites for hydroxylation is 1. The molecule has 1 aromatic rings. The number of hydrogen-bond acceptors (Lipinski definition) is 4. The van der Waals surface area contributed by atoms with Crippen molar-refractivity contribution in [2.75, 3.05) is 46.9 Å². The Kier molecular flexibility index (Phi) is 56.8. The fourth-order valence-corrected chi connectivity index (χ4v) is 3.33. The highest BCUT2D eigenvalue weighted by Gasteiger charge is 2.17. The molecule has 2 N–H and O–H groups in total. The first kappa shape index (κ1) is 56.3. The molecule has 6 nitrogen and oxygen atoms in total. The van der Waals surface area contributed by atoms with Gasteiger partial charge < -0.3 is 20.3 Å². The van der Waals surface area contributed by atoms with E-state index in [1.165, 1.54) is 25.5 Å². The van der Waals surface area contributed by atoms with Gasteiger partial charge in [-0.3, -0.25) is 9.59 Å². The zero-order valence-corrected chi connectivity index (χ0v) is 32.7. The Bertz CT molecular complexity index is 877. The molecule has 0 aromatic heterocycles. The van der Waals surface area contributed by atoms with E-state index in [1.54, 1.807) is 27.2 Å². The minimum absolute atomic E-state index is 0.00946. The van der Waals surface area contributed by atoms with E-state index in [2.05, 4.69) is 62.8 Å². The number of allylic oxidation sites excluding steroid dienone is 4. The van der Waals surface area contributed by atoms with Gasteiger partial charge in [-0.15, -0.1) is 12.8 Å². The van der Waals surface area contributed by atoms with Gasteiger partial charge in [0.1, 0.15) is 12.0 Å². The fraction of sp³-hybridized carbons (Fsp3) is 0.641. The van der Waals surface area contributed by atoms with E-state index in [-0.39, 0.29) is 11.8 Å². The Labute approximate surface area is 290 Å². The number of terminal acetylenes is 1. The highest BCUT2D eigenvalue weighted by Crippen LogP contribution is 2.13. The van der Waals surface area contributed by atoms with E-state index >= 15 is 0 Å². The fourth-order valence-electron chi connectivity index (χ4n) is 3.33. The Morgan fingerprint density at radius 3 is 1.77 bits per heavy atom. The summed E-state index contributed by atoms with van der Waals surface area (Å²) in [4.78, 5) is 27.1. The number of amides is 2. The van der Waals surface area contributed by atoms with Crippen LogP contribution in [0, 0.1) is 19.8 Å². The second-order valence-electron chi connectivity index (χ2n) is 9.58. The largest absolute Gasteiger partial charge is 0.388 e. The summed E-state index contributed by atoms with van der Waals surface area (Å²) in [6.45, 7) is 27.4. The molecule has 1 aromatic carbocycles. The lowest BCUT2D eigenvalue weighted by Crippen LogP contribution is -2.33. The van der Waals surface area contributed by atoms with Gasteiger partial charge in [-0.05, 0) is 95.5 Å². The second kappa shape index (κ2) is 47.4. The van der Waals surface area contributed by atoms with Gasteiger partial charge in [0.15, 0.2) is 0 Å². The molecule has 0 radical (unpaired) electrons. The first-order valence-corrected chi connectivity index (χ1v) is 17.3. The summed E-state index contributed by atoms with van der Waals surface area (Å²) in [5.74, 6) is -0.626.